The molecule has 0 aromatic carbocycles. The zero-order chi connectivity index (χ0) is 20.4. The third-order valence-corrected chi connectivity index (χ3v) is 6.46. The molecule has 0 radical (unpaired) electrons. The van der Waals surface area contributed by atoms with Crippen LogP contribution in [0.25, 0.3) is 5.65 Å². The van der Waals surface area contributed by atoms with Gasteiger partial charge in [0.1, 0.15) is 0 Å². The van der Waals surface area contributed by atoms with Crippen LogP contribution in [0.2, 0.25) is 0 Å². The van der Waals surface area contributed by atoms with Crippen molar-refractivity contribution in [3.05, 3.63) is 51.1 Å². The van der Waals surface area contributed by atoms with E-state index >= 15 is 0 Å². The lowest BCUT2D eigenvalue weighted by Crippen LogP contribution is -2.37. The van der Waals surface area contributed by atoms with Gasteiger partial charge in [-0.2, -0.15) is 5.10 Å². The Morgan fingerprint density at radius 3 is 2.97 bits per heavy atom. The molecule has 1 aliphatic rings. The summed E-state index contributed by atoms with van der Waals surface area (Å²) in [5.41, 5.74) is 4.98. The van der Waals surface area contributed by atoms with Crippen molar-refractivity contribution in [1.29, 1.82) is 0 Å². The van der Waals surface area contributed by atoms with Gasteiger partial charge in [-0.25, -0.2) is 9.50 Å². The average molecular weight is 413 g/mol. The van der Waals surface area contributed by atoms with Gasteiger partial charge in [0.05, 0.1) is 18.3 Å². The summed E-state index contributed by atoms with van der Waals surface area (Å²) in [7, 11) is 0. The van der Waals surface area contributed by atoms with Crippen molar-refractivity contribution in [3.8, 4) is 0 Å². The van der Waals surface area contributed by atoms with E-state index in [0.29, 0.717) is 25.9 Å². The zero-order valence-corrected chi connectivity index (χ0v) is 18.2. The van der Waals surface area contributed by atoms with Crippen molar-refractivity contribution in [2.75, 3.05) is 13.2 Å². The van der Waals surface area contributed by atoms with Gasteiger partial charge in [0.15, 0.2) is 5.65 Å². The van der Waals surface area contributed by atoms with E-state index in [9.17, 15) is 4.79 Å². The minimum atomic E-state index is 0.160. The fourth-order valence-corrected chi connectivity index (χ4v) is 4.79. The Hall–Kier alpha value is -2.25. The second kappa shape index (κ2) is 8.63. The third-order valence-electron chi connectivity index (χ3n) is 5.60. The molecule has 7 heteroatoms. The number of rotatable bonds is 7. The molecule has 0 aliphatic carbocycles. The maximum Gasteiger partial charge on any atom is 0.223 e. The molecule has 154 valence electrons. The summed E-state index contributed by atoms with van der Waals surface area (Å²) in [6.07, 6.45) is 3.41. The number of fused-ring (bicyclic) bond motifs is 1. The van der Waals surface area contributed by atoms with E-state index in [2.05, 4.69) is 28.5 Å². The molecule has 1 unspecified atom stereocenters. The molecule has 29 heavy (non-hydrogen) atoms. The van der Waals surface area contributed by atoms with E-state index in [-0.39, 0.29) is 12.0 Å². The second-order valence-electron chi connectivity index (χ2n) is 7.81. The number of ether oxygens (including phenoxy) is 1. The van der Waals surface area contributed by atoms with Gasteiger partial charge < -0.3 is 9.64 Å². The molecule has 6 nitrogen and oxygen atoms in total. The number of aryl methyl sites for hydroxylation is 3. The summed E-state index contributed by atoms with van der Waals surface area (Å²) in [5, 5.41) is 6.60. The third kappa shape index (κ3) is 4.51. The van der Waals surface area contributed by atoms with Gasteiger partial charge >= 0.3 is 0 Å². The number of hydrogen-bond acceptors (Lipinski definition) is 5. The highest BCUT2D eigenvalue weighted by atomic mass is 32.1. The number of hydrogen-bond donors (Lipinski definition) is 0. The molecule has 1 fully saturated rings. The molecular formula is C22H28N4O2S. The molecule has 0 bridgehead atoms. The summed E-state index contributed by atoms with van der Waals surface area (Å²) in [4.78, 5) is 21.0. The standard InChI is InChI=1S/C22H28N4O2S/c1-15-12-21-23-16(2)20(17(3)26(21)24-15)8-9-22(27)25(13-18-6-4-10-28-18)14-19-7-5-11-29-19/h5,7,11-12,18H,4,6,8-10,13-14H2,1-3H3. The number of thiophene rings is 1. The Kier molecular flexibility index (Phi) is 5.96. The van der Waals surface area contributed by atoms with E-state index in [1.165, 1.54) is 4.88 Å². The molecule has 3 aromatic heterocycles. The molecule has 0 saturated carbocycles. The maximum absolute atomic E-state index is 13.2. The number of amides is 1. The average Bonchev–Trinajstić information content (AvgIpc) is 3.43. The Morgan fingerprint density at radius 1 is 1.38 bits per heavy atom. The highest BCUT2D eigenvalue weighted by Crippen LogP contribution is 2.20. The van der Waals surface area contributed by atoms with Crippen molar-refractivity contribution in [2.24, 2.45) is 0 Å². The van der Waals surface area contributed by atoms with Gasteiger partial charge in [0.2, 0.25) is 5.91 Å². The molecule has 3 aromatic rings. The van der Waals surface area contributed by atoms with E-state index < -0.39 is 0 Å². The van der Waals surface area contributed by atoms with Gasteiger partial charge in [-0.15, -0.1) is 11.3 Å². The first kappa shape index (κ1) is 20.0. The minimum Gasteiger partial charge on any atom is -0.376 e. The lowest BCUT2D eigenvalue weighted by Gasteiger charge is -2.25. The van der Waals surface area contributed by atoms with E-state index in [1.807, 2.05) is 35.4 Å². The van der Waals surface area contributed by atoms with Crippen molar-refractivity contribution in [2.45, 2.75) is 59.1 Å². The van der Waals surface area contributed by atoms with Crippen LogP contribution in [0.4, 0.5) is 0 Å². The van der Waals surface area contributed by atoms with Crippen LogP contribution in [-0.2, 0) is 22.5 Å². The first-order valence-electron chi connectivity index (χ1n) is 10.3. The normalized spacial score (nSPS) is 16.6. The largest absolute Gasteiger partial charge is 0.376 e. The predicted molar refractivity (Wildman–Crippen MR) is 114 cm³/mol. The Morgan fingerprint density at radius 2 is 2.24 bits per heavy atom. The number of aromatic nitrogens is 3. The first-order valence-corrected chi connectivity index (χ1v) is 11.1. The van der Waals surface area contributed by atoms with Crippen LogP contribution in [0.5, 0.6) is 0 Å². The van der Waals surface area contributed by atoms with Crippen LogP contribution < -0.4 is 0 Å². The van der Waals surface area contributed by atoms with Crippen LogP contribution in [0.15, 0.2) is 23.6 Å². The van der Waals surface area contributed by atoms with Crippen LogP contribution in [0.3, 0.4) is 0 Å². The molecule has 0 N–H and O–H groups in total. The van der Waals surface area contributed by atoms with Gasteiger partial charge in [0.25, 0.3) is 0 Å². The summed E-state index contributed by atoms with van der Waals surface area (Å²) < 4.78 is 7.68. The van der Waals surface area contributed by atoms with Crippen LogP contribution in [-0.4, -0.2) is 44.7 Å². The smallest absolute Gasteiger partial charge is 0.223 e. The minimum absolute atomic E-state index is 0.160. The van der Waals surface area contributed by atoms with Crippen LogP contribution >= 0.6 is 11.3 Å². The van der Waals surface area contributed by atoms with Gasteiger partial charge in [-0.3, -0.25) is 4.79 Å². The van der Waals surface area contributed by atoms with Crippen molar-refractivity contribution in [1.82, 2.24) is 19.5 Å². The molecule has 4 rings (SSSR count). The molecular weight excluding hydrogens is 384 g/mol. The highest BCUT2D eigenvalue weighted by molar-refractivity contribution is 7.09. The fourth-order valence-electron chi connectivity index (χ4n) is 4.07. The summed E-state index contributed by atoms with van der Waals surface area (Å²) in [6, 6.07) is 6.11. The molecule has 1 aliphatic heterocycles. The summed E-state index contributed by atoms with van der Waals surface area (Å²) in [5.74, 6) is 0.171. The van der Waals surface area contributed by atoms with E-state index in [0.717, 1.165) is 47.7 Å². The lowest BCUT2D eigenvalue weighted by atomic mass is 10.1. The number of nitrogens with zero attached hydrogens (tertiary/aromatic N) is 4. The van der Waals surface area contributed by atoms with Crippen LogP contribution in [0.1, 0.15) is 46.8 Å². The highest BCUT2D eigenvalue weighted by Gasteiger charge is 2.23. The molecule has 4 heterocycles. The predicted octanol–water partition coefficient (Wildman–Crippen LogP) is 3.86. The molecule has 1 atom stereocenters. The maximum atomic E-state index is 13.2. The van der Waals surface area contributed by atoms with Crippen molar-refractivity contribution >= 4 is 22.9 Å². The summed E-state index contributed by atoms with van der Waals surface area (Å²) in [6.45, 7) is 8.18. The molecule has 1 saturated heterocycles. The SMILES string of the molecule is Cc1cc2nc(C)c(CCC(=O)N(Cc3cccs3)CC3CCCO3)c(C)n2n1. The number of carbonyl (C=O) groups excluding carboxylic acids is 1. The molecule has 1 amide bonds. The van der Waals surface area contributed by atoms with Gasteiger partial charge in [-0.05, 0) is 57.0 Å². The monoisotopic (exact) mass is 412 g/mol. The van der Waals surface area contributed by atoms with E-state index in [4.69, 9.17) is 4.74 Å². The first-order chi connectivity index (χ1) is 14.0. The van der Waals surface area contributed by atoms with E-state index in [1.54, 1.807) is 11.3 Å². The lowest BCUT2D eigenvalue weighted by molar-refractivity contribution is -0.133. The van der Waals surface area contributed by atoms with Gasteiger partial charge in [-0.1, -0.05) is 6.07 Å². The summed E-state index contributed by atoms with van der Waals surface area (Å²) >= 11 is 1.69. The number of carbonyl (C=O) groups is 1. The molecule has 0 spiro atoms. The zero-order valence-electron chi connectivity index (χ0n) is 17.4. The fraction of sp³-hybridized carbons (Fsp3) is 0.500. The second-order valence-corrected chi connectivity index (χ2v) is 8.84. The van der Waals surface area contributed by atoms with Gasteiger partial charge in [0, 0.05) is 41.9 Å². The Balaban J connectivity index is 1.49. The Labute approximate surface area is 175 Å². The van der Waals surface area contributed by atoms with Crippen molar-refractivity contribution in [3.63, 3.8) is 0 Å². The topological polar surface area (TPSA) is 59.7 Å². The quantitative estimate of drug-likeness (QED) is 0.591. The van der Waals surface area contributed by atoms with Crippen LogP contribution in [0, 0.1) is 20.8 Å². The van der Waals surface area contributed by atoms with Crippen molar-refractivity contribution < 1.29 is 9.53 Å². The Bertz CT molecular complexity index is 990.